The van der Waals surface area contributed by atoms with Crippen molar-refractivity contribution in [2.75, 3.05) is 27.4 Å². The van der Waals surface area contributed by atoms with E-state index in [0.717, 1.165) is 16.7 Å². The highest BCUT2D eigenvalue weighted by molar-refractivity contribution is 5.96. The van der Waals surface area contributed by atoms with Gasteiger partial charge in [-0.3, -0.25) is 9.59 Å². The number of benzene rings is 2. The maximum absolute atomic E-state index is 12.8. The number of methoxy groups -OCH3 is 2. The van der Waals surface area contributed by atoms with E-state index in [0.29, 0.717) is 47.5 Å². The molecule has 3 aromatic rings. The van der Waals surface area contributed by atoms with Crippen LogP contribution in [0.4, 0.5) is 0 Å². The third kappa shape index (κ3) is 4.37. The Morgan fingerprint density at radius 2 is 1.74 bits per heavy atom. The number of ketones is 1. The average molecular weight is 422 g/mol. The van der Waals surface area contributed by atoms with Crippen LogP contribution in [0.2, 0.25) is 0 Å². The number of hydrogen-bond donors (Lipinski definition) is 0. The molecule has 1 aromatic heterocycles. The summed E-state index contributed by atoms with van der Waals surface area (Å²) in [4.78, 5) is 25.2. The van der Waals surface area contributed by atoms with Crippen LogP contribution in [0, 0.1) is 0 Å². The molecule has 1 aliphatic heterocycles. The maximum Gasteiger partial charge on any atom is 0.267 e. The van der Waals surface area contributed by atoms with Gasteiger partial charge in [0.05, 0.1) is 33.1 Å². The summed E-state index contributed by atoms with van der Waals surface area (Å²) in [5, 5.41) is 4.37. The minimum atomic E-state index is -0.369. The molecule has 4 rings (SSSR count). The summed E-state index contributed by atoms with van der Waals surface area (Å²) in [5.74, 6) is 2.02. The third-order valence-corrected chi connectivity index (χ3v) is 4.91. The van der Waals surface area contributed by atoms with Crippen LogP contribution < -0.4 is 24.5 Å². The van der Waals surface area contributed by atoms with Gasteiger partial charge in [0.2, 0.25) is 0 Å². The van der Waals surface area contributed by atoms with Crippen molar-refractivity contribution >= 4 is 5.78 Å². The topological polar surface area (TPSA) is 88.9 Å². The van der Waals surface area contributed by atoms with Crippen LogP contribution in [0.5, 0.6) is 23.0 Å². The van der Waals surface area contributed by atoms with Crippen molar-refractivity contribution < 1.29 is 23.7 Å². The zero-order valence-corrected chi connectivity index (χ0v) is 17.3. The number of ether oxygens (including phenoxy) is 4. The largest absolute Gasteiger partial charge is 0.493 e. The second kappa shape index (κ2) is 8.91. The normalized spacial score (nSPS) is 12.7. The molecule has 1 aliphatic rings. The molecular weight excluding hydrogens is 400 g/mol. The van der Waals surface area contributed by atoms with Crippen molar-refractivity contribution in [3.63, 3.8) is 0 Å². The van der Waals surface area contributed by atoms with E-state index in [2.05, 4.69) is 5.10 Å². The Morgan fingerprint density at radius 3 is 2.52 bits per heavy atom. The van der Waals surface area contributed by atoms with Gasteiger partial charge in [0.25, 0.3) is 5.56 Å². The summed E-state index contributed by atoms with van der Waals surface area (Å²) in [7, 11) is 3.10. The Labute approximate surface area is 178 Å². The number of nitrogens with zero attached hydrogens (tertiary/aromatic N) is 2. The summed E-state index contributed by atoms with van der Waals surface area (Å²) >= 11 is 0. The Balaban J connectivity index is 1.60. The number of carbonyl (C=O) groups is 1. The molecule has 0 atom stereocenters. The van der Waals surface area contributed by atoms with Gasteiger partial charge in [-0.05, 0) is 42.5 Å². The van der Waals surface area contributed by atoms with Gasteiger partial charge in [-0.25, -0.2) is 4.68 Å². The van der Waals surface area contributed by atoms with Crippen molar-refractivity contribution in [2.24, 2.45) is 0 Å². The molecule has 31 heavy (non-hydrogen) atoms. The van der Waals surface area contributed by atoms with Crippen LogP contribution in [0.15, 0.2) is 53.3 Å². The van der Waals surface area contributed by atoms with Crippen LogP contribution in [0.3, 0.4) is 0 Å². The summed E-state index contributed by atoms with van der Waals surface area (Å²) in [6, 6.07) is 13.4. The highest BCUT2D eigenvalue weighted by Crippen LogP contribution is 2.32. The predicted octanol–water partition coefficient (Wildman–Crippen LogP) is 2.97. The Kier molecular flexibility index (Phi) is 5.88. The maximum atomic E-state index is 12.8. The standard InChI is InChI=1S/C23H22N2O6/c1-28-19-7-4-15(12-21(19)29-2)17-6-9-23(27)25(24-17)14-18(26)16-5-8-20-22(13-16)31-11-3-10-30-20/h4-9,12-13H,3,10-11,14H2,1-2H3. The Morgan fingerprint density at radius 1 is 0.968 bits per heavy atom. The van der Waals surface area contributed by atoms with Gasteiger partial charge in [0.15, 0.2) is 28.8 Å². The van der Waals surface area contributed by atoms with E-state index in [-0.39, 0.29) is 17.9 Å². The zero-order chi connectivity index (χ0) is 21.8. The predicted molar refractivity (Wildman–Crippen MR) is 113 cm³/mol. The van der Waals surface area contributed by atoms with Crippen LogP contribution in [0.1, 0.15) is 16.8 Å². The third-order valence-electron chi connectivity index (χ3n) is 4.91. The molecule has 0 unspecified atom stereocenters. The molecule has 0 spiro atoms. The van der Waals surface area contributed by atoms with Crippen LogP contribution >= 0.6 is 0 Å². The molecule has 8 nitrogen and oxygen atoms in total. The molecule has 0 saturated carbocycles. The molecule has 0 radical (unpaired) electrons. The van der Waals surface area contributed by atoms with E-state index < -0.39 is 0 Å². The molecule has 160 valence electrons. The molecule has 0 aliphatic carbocycles. The number of carbonyl (C=O) groups excluding carboxylic acids is 1. The molecule has 0 amide bonds. The Bertz CT molecular complexity index is 1170. The monoisotopic (exact) mass is 422 g/mol. The number of rotatable bonds is 6. The molecule has 2 aromatic carbocycles. The molecule has 2 heterocycles. The van der Waals surface area contributed by atoms with E-state index in [9.17, 15) is 9.59 Å². The van der Waals surface area contributed by atoms with Gasteiger partial charge in [-0.15, -0.1) is 0 Å². The first-order chi connectivity index (χ1) is 15.1. The van der Waals surface area contributed by atoms with Crippen molar-refractivity contribution in [2.45, 2.75) is 13.0 Å². The van der Waals surface area contributed by atoms with Crippen LogP contribution in [-0.2, 0) is 6.54 Å². The molecule has 0 N–H and O–H groups in total. The van der Waals surface area contributed by atoms with Gasteiger partial charge >= 0.3 is 0 Å². The van der Waals surface area contributed by atoms with Crippen molar-refractivity contribution in [1.82, 2.24) is 9.78 Å². The molecule has 0 bridgehead atoms. The molecule has 0 fully saturated rings. The van der Waals surface area contributed by atoms with Crippen molar-refractivity contribution in [3.05, 3.63) is 64.4 Å². The zero-order valence-electron chi connectivity index (χ0n) is 17.3. The Hall–Kier alpha value is -3.81. The van der Waals surface area contributed by atoms with Gasteiger partial charge in [0.1, 0.15) is 6.54 Å². The number of hydrogen-bond acceptors (Lipinski definition) is 7. The first-order valence-corrected chi connectivity index (χ1v) is 9.82. The smallest absolute Gasteiger partial charge is 0.267 e. The number of fused-ring (bicyclic) bond motifs is 1. The molecular formula is C23H22N2O6. The van der Waals surface area contributed by atoms with E-state index in [1.807, 2.05) is 6.07 Å². The average Bonchev–Trinajstić information content (AvgIpc) is 3.05. The van der Waals surface area contributed by atoms with Gasteiger partial charge < -0.3 is 18.9 Å². The van der Waals surface area contributed by atoms with Gasteiger partial charge in [0, 0.05) is 23.6 Å². The van der Waals surface area contributed by atoms with E-state index in [1.165, 1.54) is 6.07 Å². The highest BCUT2D eigenvalue weighted by Gasteiger charge is 2.16. The number of Topliss-reactive ketones (excluding diaryl/α,β-unsaturated/α-hetero) is 1. The number of aromatic nitrogens is 2. The molecule has 8 heteroatoms. The minimum Gasteiger partial charge on any atom is -0.493 e. The first kappa shape index (κ1) is 20.5. The van der Waals surface area contributed by atoms with Crippen molar-refractivity contribution in [3.8, 4) is 34.3 Å². The van der Waals surface area contributed by atoms with Crippen molar-refractivity contribution in [1.29, 1.82) is 0 Å². The lowest BCUT2D eigenvalue weighted by Gasteiger charge is -2.11. The van der Waals surface area contributed by atoms with Crippen LogP contribution in [0.25, 0.3) is 11.3 Å². The fourth-order valence-electron chi connectivity index (χ4n) is 3.28. The first-order valence-electron chi connectivity index (χ1n) is 9.82. The fraction of sp³-hybridized carbons (Fsp3) is 0.261. The van der Waals surface area contributed by atoms with E-state index in [1.54, 1.807) is 50.6 Å². The lowest BCUT2D eigenvalue weighted by Crippen LogP contribution is -2.26. The lowest BCUT2D eigenvalue weighted by molar-refractivity contribution is 0.0965. The van der Waals surface area contributed by atoms with E-state index in [4.69, 9.17) is 18.9 Å². The fourth-order valence-corrected chi connectivity index (χ4v) is 3.28. The second-order valence-electron chi connectivity index (χ2n) is 6.92. The van der Waals surface area contributed by atoms with Crippen LogP contribution in [-0.4, -0.2) is 43.0 Å². The quantitative estimate of drug-likeness (QED) is 0.564. The van der Waals surface area contributed by atoms with E-state index >= 15 is 0 Å². The minimum absolute atomic E-state index is 0.195. The lowest BCUT2D eigenvalue weighted by atomic mass is 10.1. The van der Waals surface area contributed by atoms with Gasteiger partial charge in [-0.1, -0.05) is 0 Å². The molecule has 0 saturated heterocycles. The summed E-state index contributed by atoms with van der Waals surface area (Å²) in [5.41, 5.74) is 1.32. The summed E-state index contributed by atoms with van der Waals surface area (Å²) < 4.78 is 23.0. The summed E-state index contributed by atoms with van der Waals surface area (Å²) in [6.45, 7) is 0.904. The second-order valence-corrected chi connectivity index (χ2v) is 6.92. The SMILES string of the molecule is COc1ccc(-c2ccc(=O)n(CC(=O)c3ccc4c(c3)OCCCO4)n2)cc1OC. The van der Waals surface area contributed by atoms with Gasteiger partial charge in [-0.2, -0.15) is 5.10 Å². The summed E-state index contributed by atoms with van der Waals surface area (Å²) in [6.07, 6.45) is 0.778. The highest BCUT2D eigenvalue weighted by atomic mass is 16.5.